The summed E-state index contributed by atoms with van der Waals surface area (Å²) in [6.45, 7) is 2.47. The Labute approximate surface area is 161 Å². The number of aromatic nitrogens is 4. The highest BCUT2D eigenvalue weighted by Crippen LogP contribution is 2.31. The number of amides is 1. The lowest BCUT2D eigenvalue weighted by atomic mass is 10.2. The maximum absolute atomic E-state index is 13.2. The first-order valence-electron chi connectivity index (χ1n) is 8.75. The van der Waals surface area contributed by atoms with Gasteiger partial charge in [0, 0.05) is 19.4 Å². The zero-order valence-electron chi connectivity index (χ0n) is 15.2. The fourth-order valence-electron chi connectivity index (χ4n) is 2.84. The molecule has 3 heterocycles. The molecule has 7 heteroatoms. The number of carbonyl (C=O) groups excluding carboxylic acids is 1. The number of hydrogen-bond donors (Lipinski definition) is 0. The first-order chi connectivity index (χ1) is 13.1. The molecule has 0 spiro atoms. The first-order valence-corrected chi connectivity index (χ1v) is 9.56. The maximum Gasteiger partial charge on any atom is 0.280 e. The van der Waals surface area contributed by atoms with Gasteiger partial charge in [-0.3, -0.25) is 19.4 Å². The second-order valence-electron chi connectivity index (χ2n) is 6.24. The van der Waals surface area contributed by atoms with Crippen LogP contribution in [-0.2, 0) is 20.0 Å². The highest BCUT2D eigenvalue weighted by molar-refractivity contribution is 7.22. The van der Waals surface area contributed by atoms with Crippen LogP contribution in [0.25, 0.3) is 10.2 Å². The Morgan fingerprint density at radius 1 is 1.22 bits per heavy atom. The van der Waals surface area contributed by atoms with Gasteiger partial charge in [-0.25, -0.2) is 4.98 Å². The number of hydrogen-bond acceptors (Lipinski definition) is 5. The number of carbonyl (C=O) groups is 1. The van der Waals surface area contributed by atoms with E-state index >= 15 is 0 Å². The lowest BCUT2D eigenvalue weighted by Crippen LogP contribution is -2.31. The maximum atomic E-state index is 13.2. The van der Waals surface area contributed by atoms with E-state index in [9.17, 15) is 4.79 Å². The molecule has 0 aliphatic heterocycles. The van der Waals surface area contributed by atoms with Crippen LogP contribution in [0.15, 0.2) is 54.9 Å². The number of nitrogens with zero attached hydrogens (tertiary/aromatic N) is 5. The summed E-state index contributed by atoms with van der Waals surface area (Å²) in [6, 6.07) is 13.6. The van der Waals surface area contributed by atoms with Crippen molar-refractivity contribution in [1.82, 2.24) is 19.7 Å². The van der Waals surface area contributed by atoms with Gasteiger partial charge in [0.2, 0.25) is 0 Å². The van der Waals surface area contributed by atoms with E-state index in [4.69, 9.17) is 4.98 Å². The smallest absolute Gasteiger partial charge is 0.276 e. The lowest BCUT2D eigenvalue weighted by molar-refractivity contribution is 0.0979. The largest absolute Gasteiger partial charge is 0.280 e. The molecule has 6 nitrogen and oxygen atoms in total. The van der Waals surface area contributed by atoms with Crippen molar-refractivity contribution in [3.63, 3.8) is 0 Å². The van der Waals surface area contributed by atoms with Crippen LogP contribution in [0.4, 0.5) is 5.13 Å². The molecule has 136 valence electrons. The number of fused-ring (bicyclic) bond motifs is 1. The van der Waals surface area contributed by atoms with Gasteiger partial charge in [0.25, 0.3) is 5.91 Å². The Hall–Kier alpha value is -3.06. The van der Waals surface area contributed by atoms with E-state index in [1.807, 2.05) is 24.3 Å². The second kappa shape index (κ2) is 7.28. The summed E-state index contributed by atoms with van der Waals surface area (Å²) < 4.78 is 2.70. The summed E-state index contributed by atoms with van der Waals surface area (Å²) in [5.41, 5.74) is 3.34. The molecule has 27 heavy (non-hydrogen) atoms. The molecule has 0 N–H and O–H groups in total. The Balaban J connectivity index is 1.75. The molecule has 4 aromatic rings. The van der Waals surface area contributed by atoms with Crippen molar-refractivity contribution in [3.8, 4) is 0 Å². The minimum atomic E-state index is -0.184. The molecule has 0 saturated heterocycles. The summed E-state index contributed by atoms with van der Waals surface area (Å²) in [5.74, 6) is -0.184. The zero-order chi connectivity index (χ0) is 18.8. The van der Waals surface area contributed by atoms with Crippen molar-refractivity contribution in [3.05, 3.63) is 71.8 Å². The van der Waals surface area contributed by atoms with Gasteiger partial charge in [0.05, 0.1) is 22.5 Å². The molecule has 1 amide bonds. The third-order valence-corrected chi connectivity index (χ3v) is 5.35. The third kappa shape index (κ3) is 3.59. The first kappa shape index (κ1) is 17.4. The minimum Gasteiger partial charge on any atom is -0.276 e. The summed E-state index contributed by atoms with van der Waals surface area (Å²) in [6.07, 6.45) is 4.45. The molecule has 1 aromatic carbocycles. The van der Waals surface area contributed by atoms with Gasteiger partial charge in [0.15, 0.2) is 10.8 Å². The van der Waals surface area contributed by atoms with Crippen molar-refractivity contribution < 1.29 is 4.79 Å². The molecule has 4 rings (SSSR count). The van der Waals surface area contributed by atoms with Crippen molar-refractivity contribution in [1.29, 1.82) is 0 Å². The standard InChI is InChI=1S/C20H19N5OS/c1-3-14-7-8-16-18(12-14)27-20(22-16)25(13-15-6-4-5-10-21-15)19(26)17-9-11-24(2)23-17/h4-12H,3,13H2,1-2H3. The normalized spacial score (nSPS) is 11.0. The predicted octanol–water partition coefficient (Wildman–Crippen LogP) is 3.83. The van der Waals surface area contributed by atoms with E-state index in [0.717, 1.165) is 22.3 Å². The van der Waals surface area contributed by atoms with E-state index in [2.05, 4.69) is 29.1 Å². The number of anilines is 1. The van der Waals surface area contributed by atoms with E-state index in [0.29, 0.717) is 17.4 Å². The molecule has 0 bridgehead atoms. The van der Waals surface area contributed by atoms with Gasteiger partial charge >= 0.3 is 0 Å². The number of benzene rings is 1. The highest BCUT2D eigenvalue weighted by atomic mass is 32.1. The van der Waals surface area contributed by atoms with Crippen LogP contribution < -0.4 is 4.90 Å². The van der Waals surface area contributed by atoms with Crippen molar-refractivity contribution in [2.75, 3.05) is 4.90 Å². The van der Waals surface area contributed by atoms with Crippen molar-refractivity contribution in [2.24, 2.45) is 7.05 Å². The number of rotatable bonds is 5. The van der Waals surface area contributed by atoms with Gasteiger partial charge in [-0.2, -0.15) is 5.10 Å². The topological polar surface area (TPSA) is 63.9 Å². The molecule has 0 fully saturated rings. The van der Waals surface area contributed by atoms with Crippen molar-refractivity contribution >= 4 is 32.6 Å². The van der Waals surface area contributed by atoms with Gasteiger partial charge < -0.3 is 0 Å². The van der Waals surface area contributed by atoms with Crippen LogP contribution in [-0.4, -0.2) is 25.7 Å². The number of aryl methyl sites for hydroxylation is 2. The van der Waals surface area contributed by atoms with E-state index in [-0.39, 0.29) is 5.91 Å². The monoisotopic (exact) mass is 377 g/mol. The Kier molecular flexibility index (Phi) is 4.68. The van der Waals surface area contributed by atoms with E-state index < -0.39 is 0 Å². The second-order valence-corrected chi connectivity index (χ2v) is 7.25. The quantitative estimate of drug-likeness (QED) is 0.530. The van der Waals surface area contributed by atoms with E-state index in [1.54, 1.807) is 35.1 Å². The number of thiazole rings is 1. The fourth-order valence-corrected chi connectivity index (χ4v) is 3.87. The van der Waals surface area contributed by atoms with Gasteiger partial charge in [-0.1, -0.05) is 30.4 Å². The molecule has 0 unspecified atom stereocenters. The Morgan fingerprint density at radius 3 is 2.81 bits per heavy atom. The highest BCUT2D eigenvalue weighted by Gasteiger charge is 2.24. The van der Waals surface area contributed by atoms with Gasteiger partial charge in [-0.05, 0) is 42.3 Å². The Bertz CT molecular complexity index is 1090. The summed E-state index contributed by atoms with van der Waals surface area (Å²) >= 11 is 1.52. The molecular formula is C20H19N5OS. The van der Waals surface area contributed by atoms with Crippen molar-refractivity contribution in [2.45, 2.75) is 19.9 Å². The summed E-state index contributed by atoms with van der Waals surface area (Å²) in [5, 5.41) is 4.91. The fraction of sp³-hybridized carbons (Fsp3) is 0.200. The van der Waals surface area contributed by atoms with Gasteiger partial charge in [0.1, 0.15) is 0 Å². The SMILES string of the molecule is CCc1ccc2nc(N(Cc3ccccn3)C(=O)c3ccn(C)n3)sc2c1. The van der Waals surface area contributed by atoms with Crippen LogP contribution in [0, 0.1) is 0 Å². The van der Waals surface area contributed by atoms with Crippen LogP contribution in [0.1, 0.15) is 28.7 Å². The molecule has 0 radical (unpaired) electrons. The molecule has 3 aromatic heterocycles. The molecular weight excluding hydrogens is 358 g/mol. The number of pyridine rings is 1. The zero-order valence-corrected chi connectivity index (χ0v) is 16.0. The van der Waals surface area contributed by atoms with Crippen LogP contribution >= 0.6 is 11.3 Å². The Morgan fingerprint density at radius 2 is 2.11 bits per heavy atom. The summed E-state index contributed by atoms with van der Waals surface area (Å²) in [4.78, 5) is 23.9. The molecule has 0 atom stereocenters. The van der Waals surface area contributed by atoms with Crippen LogP contribution in [0.5, 0.6) is 0 Å². The minimum absolute atomic E-state index is 0.184. The molecule has 0 saturated carbocycles. The van der Waals surface area contributed by atoms with E-state index in [1.165, 1.54) is 16.9 Å². The van der Waals surface area contributed by atoms with Crippen LogP contribution in [0.3, 0.4) is 0 Å². The van der Waals surface area contributed by atoms with Gasteiger partial charge in [-0.15, -0.1) is 0 Å². The third-order valence-electron chi connectivity index (χ3n) is 4.30. The predicted molar refractivity (Wildman–Crippen MR) is 107 cm³/mol. The summed E-state index contributed by atoms with van der Waals surface area (Å²) in [7, 11) is 1.80. The lowest BCUT2D eigenvalue weighted by Gasteiger charge is -2.18. The molecule has 0 aliphatic rings. The molecule has 0 aliphatic carbocycles. The average molecular weight is 377 g/mol. The van der Waals surface area contributed by atoms with Crippen LogP contribution in [0.2, 0.25) is 0 Å². The average Bonchev–Trinajstić information content (AvgIpc) is 3.31.